The van der Waals surface area contributed by atoms with E-state index in [1.807, 2.05) is 20.9 Å². The zero-order valence-electron chi connectivity index (χ0n) is 12.1. The third-order valence-corrected chi connectivity index (χ3v) is 3.90. The molecule has 0 aromatic carbocycles. The first kappa shape index (κ1) is 14.3. The molecule has 0 spiro atoms. The summed E-state index contributed by atoms with van der Waals surface area (Å²) in [6.45, 7) is 7.07. The molecular weight excluding hydrogens is 242 g/mol. The highest BCUT2D eigenvalue weighted by molar-refractivity contribution is 5.30. The molecule has 0 amide bonds. The Morgan fingerprint density at radius 2 is 2.11 bits per heavy atom. The first-order valence-corrected chi connectivity index (χ1v) is 7.00. The van der Waals surface area contributed by atoms with E-state index < -0.39 is 0 Å². The van der Waals surface area contributed by atoms with Crippen LogP contribution in [0.5, 0.6) is 0 Å². The van der Waals surface area contributed by atoms with Crippen molar-refractivity contribution in [2.45, 2.75) is 32.1 Å². The number of hydrogen-bond donors (Lipinski definition) is 3. The van der Waals surface area contributed by atoms with Crippen LogP contribution in [0.2, 0.25) is 0 Å². The van der Waals surface area contributed by atoms with Crippen molar-refractivity contribution in [2.75, 3.05) is 38.2 Å². The number of hydrogen-bond acceptors (Lipinski definition) is 5. The van der Waals surface area contributed by atoms with Crippen LogP contribution in [0.3, 0.4) is 0 Å². The summed E-state index contributed by atoms with van der Waals surface area (Å²) < 4.78 is 0. The summed E-state index contributed by atoms with van der Waals surface area (Å²) in [5, 5.41) is 19.8. The van der Waals surface area contributed by atoms with Gasteiger partial charge in [0, 0.05) is 18.5 Å². The molecule has 1 saturated heterocycles. The van der Waals surface area contributed by atoms with Gasteiger partial charge in [-0.1, -0.05) is 13.8 Å². The minimum Gasteiger partial charge on any atom is -0.395 e. The molecule has 1 aliphatic heterocycles. The molecule has 2 heterocycles. The summed E-state index contributed by atoms with van der Waals surface area (Å²) in [6.07, 6.45) is 2.35. The molecule has 0 bridgehead atoms. The molecule has 1 aromatic rings. The molecule has 1 aliphatic rings. The highest BCUT2D eigenvalue weighted by Crippen LogP contribution is 2.23. The maximum absolute atomic E-state index is 9.35. The zero-order valence-corrected chi connectivity index (χ0v) is 12.1. The van der Waals surface area contributed by atoms with Crippen LogP contribution in [0, 0.1) is 5.92 Å². The lowest BCUT2D eigenvalue weighted by molar-refractivity contribution is 0.212. The minimum absolute atomic E-state index is 0.0614. The Kier molecular flexibility index (Phi) is 4.42. The lowest BCUT2D eigenvalue weighted by atomic mass is 9.94. The number of rotatable bonds is 5. The molecule has 3 N–H and O–H groups in total. The molecule has 0 aliphatic carbocycles. The van der Waals surface area contributed by atoms with Crippen LogP contribution in [0.15, 0.2) is 0 Å². The van der Waals surface area contributed by atoms with Crippen molar-refractivity contribution < 1.29 is 5.11 Å². The Hall–Kier alpha value is -1.14. The molecule has 0 atom stereocenters. The maximum Gasteiger partial charge on any atom is 0.244 e. The topological polar surface area (TPSA) is 77.1 Å². The fraction of sp³-hybridized carbons (Fsp3) is 0.846. The summed E-state index contributed by atoms with van der Waals surface area (Å²) in [5.74, 6) is 2.27. The van der Waals surface area contributed by atoms with Crippen LogP contribution in [0.25, 0.3) is 0 Å². The Balaban J connectivity index is 1.97. The number of piperidine rings is 1. The average molecular weight is 267 g/mol. The zero-order chi connectivity index (χ0) is 13.9. The van der Waals surface area contributed by atoms with Crippen molar-refractivity contribution in [1.29, 1.82) is 0 Å². The molecule has 0 unspecified atom stereocenters. The van der Waals surface area contributed by atoms with E-state index in [1.54, 1.807) is 0 Å². The molecule has 6 heteroatoms. The Morgan fingerprint density at radius 1 is 1.42 bits per heavy atom. The van der Waals surface area contributed by atoms with Crippen molar-refractivity contribution in [1.82, 2.24) is 20.5 Å². The van der Waals surface area contributed by atoms with Gasteiger partial charge in [-0.25, -0.2) is 0 Å². The minimum atomic E-state index is -0.365. The molecule has 6 nitrogen and oxygen atoms in total. The highest BCUT2D eigenvalue weighted by atomic mass is 16.3. The van der Waals surface area contributed by atoms with Crippen molar-refractivity contribution in [2.24, 2.45) is 5.92 Å². The van der Waals surface area contributed by atoms with Crippen LogP contribution < -0.4 is 10.2 Å². The summed E-state index contributed by atoms with van der Waals surface area (Å²) >= 11 is 0. The van der Waals surface area contributed by atoms with Crippen molar-refractivity contribution in [3.63, 3.8) is 0 Å². The first-order valence-electron chi connectivity index (χ1n) is 7.00. The lowest BCUT2D eigenvalue weighted by Crippen LogP contribution is -2.37. The van der Waals surface area contributed by atoms with Crippen LogP contribution in [-0.2, 0) is 5.41 Å². The van der Waals surface area contributed by atoms with Crippen LogP contribution in [0.4, 0.5) is 5.95 Å². The summed E-state index contributed by atoms with van der Waals surface area (Å²) in [7, 11) is 2.00. The van der Waals surface area contributed by atoms with E-state index in [2.05, 4.69) is 25.4 Å². The lowest BCUT2D eigenvalue weighted by Gasteiger charge is -2.31. The molecule has 2 rings (SSSR count). The van der Waals surface area contributed by atoms with Gasteiger partial charge >= 0.3 is 0 Å². The average Bonchev–Trinajstić information content (AvgIpc) is 2.90. The van der Waals surface area contributed by atoms with Crippen molar-refractivity contribution in [3.05, 3.63) is 5.82 Å². The van der Waals surface area contributed by atoms with E-state index in [4.69, 9.17) is 0 Å². The largest absolute Gasteiger partial charge is 0.395 e. The van der Waals surface area contributed by atoms with Gasteiger partial charge in [0.15, 0.2) is 0 Å². The molecule has 0 saturated carbocycles. The van der Waals surface area contributed by atoms with Gasteiger partial charge in [-0.2, -0.15) is 4.98 Å². The molecule has 19 heavy (non-hydrogen) atoms. The van der Waals surface area contributed by atoms with Gasteiger partial charge in [0.05, 0.1) is 6.61 Å². The van der Waals surface area contributed by atoms with Gasteiger partial charge in [-0.3, -0.25) is 5.10 Å². The highest BCUT2D eigenvalue weighted by Gasteiger charge is 2.26. The normalized spacial score (nSPS) is 18.0. The summed E-state index contributed by atoms with van der Waals surface area (Å²) in [5.41, 5.74) is -0.365. The molecule has 0 radical (unpaired) electrons. The summed E-state index contributed by atoms with van der Waals surface area (Å²) in [4.78, 5) is 6.75. The van der Waals surface area contributed by atoms with Crippen molar-refractivity contribution in [3.8, 4) is 0 Å². The number of aliphatic hydroxyl groups excluding tert-OH is 1. The van der Waals surface area contributed by atoms with Gasteiger partial charge < -0.3 is 15.3 Å². The van der Waals surface area contributed by atoms with Crippen LogP contribution in [0.1, 0.15) is 32.5 Å². The second kappa shape index (κ2) is 5.88. The number of anilines is 1. The number of aromatic nitrogens is 3. The Bertz CT molecular complexity index is 395. The maximum atomic E-state index is 9.35. The second-order valence-electron chi connectivity index (χ2n) is 6.01. The van der Waals surface area contributed by atoms with Gasteiger partial charge in [-0.05, 0) is 32.4 Å². The predicted octanol–water partition coefficient (Wildman–Crippen LogP) is 0.510. The van der Waals surface area contributed by atoms with Gasteiger partial charge in [0.2, 0.25) is 5.95 Å². The second-order valence-corrected chi connectivity index (χ2v) is 6.01. The van der Waals surface area contributed by atoms with Gasteiger partial charge in [-0.15, -0.1) is 5.10 Å². The number of nitrogens with one attached hydrogen (secondary N) is 2. The molecule has 1 aromatic heterocycles. The van der Waals surface area contributed by atoms with Crippen LogP contribution >= 0.6 is 0 Å². The van der Waals surface area contributed by atoms with Gasteiger partial charge in [0.1, 0.15) is 5.82 Å². The summed E-state index contributed by atoms with van der Waals surface area (Å²) in [6, 6.07) is 0. The van der Waals surface area contributed by atoms with E-state index in [0.29, 0.717) is 0 Å². The Morgan fingerprint density at radius 3 is 2.68 bits per heavy atom. The van der Waals surface area contributed by atoms with Gasteiger partial charge in [0.25, 0.3) is 0 Å². The van der Waals surface area contributed by atoms with E-state index in [0.717, 1.165) is 37.3 Å². The van der Waals surface area contributed by atoms with E-state index in [9.17, 15) is 5.11 Å². The SMILES string of the molecule is CNCC1CCN(c2n[nH]c(C(C)(C)CO)n2)CC1. The standard InChI is InChI=1S/C13H25N5O/c1-13(2,9-19)11-15-12(17-16-11)18-6-4-10(5-7-18)8-14-3/h10,14,19H,4-9H2,1-3H3,(H,15,16,17). The fourth-order valence-electron chi connectivity index (χ4n) is 2.40. The molecular formula is C13H25N5O. The van der Waals surface area contributed by atoms with Crippen molar-refractivity contribution >= 4 is 5.95 Å². The molecule has 1 fully saturated rings. The van der Waals surface area contributed by atoms with E-state index in [1.165, 1.54) is 12.8 Å². The number of nitrogens with zero attached hydrogens (tertiary/aromatic N) is 3. The molecule has 108 valence electrons. The van der Waals surface area contributed by atoms with E-state index in [-0.39, 0.29) is 12.0 Å². The first-order chi connectivity index (χ1) is 9.06. The quantitative estimate of drug-likeness (QED) is 0.724. The predicted molar refractivity (Wildman–Crippen MR) is 75.4 cm³/mol. The third-order valence-electron chi connectivity index (χ3n) is 3.90. The van der Waals surface area contributed by atoms with Crippen LogP contribution in [-0.4, -0.2) is 53.6 Å². The number of H-pyrrole nitrogens is 1. The third kappa shape index (κ3) is 3.25. The Labute approximate surface area is 114 Å². The monoisotopic (exact) mass is 267 g/mol. The number of aromatic amines is 1. The number of aliphatic hydroxyl groups is 1. The smallest absolute Gasteiger partial charge is 0.244 e. The van der Waals surface area contributed by atoms with E-state index >= 15 is 0 Å². The fourth-order valence-corrected chi connectivity index (χ4v) is 2.40.